The molecule has 2 atom stereocenters. The van der Waals surface area contributed by atoms with E-state index in [1.165, 1.54) is 0 Å². The van der Waals surface area contributed by atoms with Gasteiger partial charge in [0.1, 0.15) is 24.4 Å². The van der Waals surface area contributed by atoms with Gasteiger partial charge in [-0.3, -0.25) is 19.2 Å². The average Bonchev–Trinajstić information content (AvgIpc) is 2.87. The number of hydrogen-bond donors (Lipinski definition) is 4. The molecule has 0 aromatic heterocycles. The number of ether oxygens (including phenoxy) is 4. The molecule has 0 aliphatic carbocycles. The Morgan fingerprint density at radius 3 is 0.804 bits per heavy atom. The second-order valence-corrected chi connectivity index (χ2v) is 23.2. The standard InChI is InChI=1S/C44H78N4O8/c1-26(33(49)53-27-18-37(2,3)45-38(4,5)19-27)31(34(50)54-28-20-39(6,7)46-40(8,9)21-28)32(35(51)55-29-22-41(10,11)47-42(12,13)23-29)36(52)56-30-24-43(14,15)48-44(16,17)25-30/h26-32,45-48H,18-25H2,1-17H3. The Bertz CT molecular complexity index is 1360. The van der Waals surface area contributed by atoms with Gasteiger partial charge in [0.15, 0.2) is 5.92 Å². The summed E-state index contributed by atoms with van der Waals surface area (Å²) in [6.45, 7) is 34.4. The van der Waals surface area contributed by atoms with E-state index in [0.29, 0.717) is 51.4 Å². The summed E-state index contributed by atoms with van der Waals surface area (Å²) >= 11 is 0. The lowest BCUT2D eigenvalue weighted by atomic mass is 9.78. The molecule has 12 nitrogen and oxygen atoms in total. The van der Waals surface area contributed by atoms with E-state index in [4.69, 9.17) is 18.9 Å². The Kier molecular flexibility index (Phi) is 13.0. The maximum atomic E-state index is 14.8. The van der Waals surface area contributed by atoms with E-state index in [1.807, 2.05) is 55.4 Å². The van der Waals surface area contributed by atoms with Gasteiger partial charge < -0.3 is 40.2 Å². The third-order valence-electron chi connectivity index (χ3n) is 11.8. The fourth-order valence-electron chi connectivity index (χ4n) is 11.4. The lowest BCUT2D eigenvalue weighted by Gasteiger charge is -2.47. The highest BCUT2D eigenvalue weighted by molar-refractivity contribution is 6.00. The van der Waals surface area contributed by atoms with Crippen LogP contribution in [0.25, 0.3) is 0 Å². The molecule has 4 fully saturated rings. The van der Waals surface area contributed by atoms with Crippen LogP contribution < -0.4 is 21.3 Å². The number of nitrogens with one attached hydrogen (secondary N) is 4. The zero-order valence-corrected chi connectivity index (χ0v) is 38.0. The zero-order valence-electron chi connectivity index (χ0n) is 38.0. The molecule has 0 aromatic carbocycles. The quantitative estimate of drug-likeness (QED) is 0.112. The minimum atomic E-state index is -1.77. The maximum Gasteiger partial charge on any atom is 0.321 e. The van der Waals surface area contributed by atoms with Crippen LogP contribution in [-0.2, 0) is 38.1 Å². The topological polar surface area (TPSA) is 153 Å². The molecule has 0 spiro atoms. The summed E-state index contributed by atoms with van der Waals surface area (Å²) in [5.74, 6) is -7.83. The number of piperidine rings is 4. The van der Waals surface area contributed by atoms with E-state index in [0.717, 1.165) is 0 Å². The summed E-state index contributed by atoms with van der Waals surface area (Å²) in [7, 11) is 0. The minimum Gasteiger partial charge on any atom is -0.462 e. The van der Waals surface area contributed by atoms with E-state index in [-0.39, 0.29) is 44.3 Å². The van der Waals surface area contributed by atoms with Crippen LogP contribution in [-0.4, -0.2) is 92.6 Å². The van der Waals surface area contributed by atoms with Crippen molar-refractivity contribution in [2.75, 3.05) is 0 Å². The highest BCUT2D eigenvalue weighted by Crippen LogP contribution is 2.38. The first-order valence-corrected chi connectivity index (χ1v) is 21.1. The van der Waals surface area contributed by atoms with Gasteiger partial charge in [-0.25, -0.2) is 0 Å². The van der Waals surface area contributed by atoms with E-state index < -0.39 is 66.0 Å². The smallest absolute Gasteiger partial charge is 0.321 e. The second kappa shape index (κ2) is 15.7. The molecule has 0 aromatic rings. The Morgan fingerprint density at radius 2 is 0.571 bits per heavy atom. The molecule has 4 saturated heterocycles. The number of esters is 4. The van der Waals surface area contributed by atoms with E-state index in [9.17, 15) is 19.2 Å². The van der Waals surface area contributed by atoms with Crippen LogP contribution in [0.5, 0.6) is 0 Å². The highest BCUT2D eigenvalue weighted by Gasteiger charge is 2.53. The predicted molar refractivity (Wildman–Crippen MR) is 218 cm³/mol. The molecular weight excluding hydrogens is 713 g/mol. The van der Waals surface area contributed by atoms with Gasteiger partial charge in [-0.05, 0) is 111 Å². The molecule has 322 valence electrons. The SMILES string of the molecule is CC(C(=O)OC1CC(C)(C)NC(C)(C)C1)C(C(=O)OC1CC(C)(C)NC(C)(C)C1)C(C(=O)OC1CC(C)(C)NC(C)(C)C1)C(=O)OC1CC(C)(C)NC(C)(C)C1. The van der Waals surface area contributed by atoms with Crippen LogP contribution in [0.15, 0.2) is 0 Å². The zero-order chi connectivity index (χ0) is 42.7. The summed E-state index contributed by atoms with van der Waals surface area (Å²) in [6, 6.07) is 0. The van der Waals surface area contributed by atoms with Crippen LogP contribution in [0, 0.1) is 17.8 Å². The third kappa shape index (κ3) is 12.9. The van der Waals surface area contributed by atoms with E-state index in [2.05, 4.69) is 76.7 Å². The van der Waals surface area contributed by atoms with Gasteiger partial charge in [-0.2, -0.15) is 0 Å². The Morgan fingerprint density at radius 1 is 0.375 bits per heavy atom. The van der Waals surface area contributed by atoms with Crippen LogP contribution in [0.2, 0.25) is 0 Å². The number of rotatable bonds is 10. The summed E-state index contributed by atoms with van der Waals surface area (Å²) in [5.41, 5.74) is -2.81. The third-order valence-corrected chi connectivity index (χ3v) is 11.8. The van der Waals surface area contributed by atoms with Gasteiger partial charge in [0, 0.05) is 95.7 Å². The van der Waals surface area contributed by atoms with Crippen LogP contribution in [0.3, 0.4) is 0 Å². The van der Waals surface area contributed by atoms with Crippen molar-refractivity contribution in [1.82, 2.24) is 21.3 Å². The number of carbonyl (C=O) groups excluding carboxylic acids is 4. The van der Waals surface area contributed by atoms with Crippen LogP contribution in [0.1, 0.15) is 169 Å². The maximum absolute atomic E-state index is 14.8. The molecule has 0 radical (unpaired) electrons. The second-order valence-electron chi connectivity index (χ2n) is 23.2. The first kappa shape index (κ1) is 46.4. The van der Waals surface area contributed by atoms with Gasteiger partial charge in [0.2, 0.25) is 0 Å². The van der Waals surface area contributed by atoms with Crippen LogP contribution >= 0.6 is 0 Å². The van der Waals surface area contributed by atoms with Gasteiger partial charge in [-0.15, -0.1) is 0 Å². The first-order valence-electron chi connectivity index (χ1n) is 21.1. The molecule has 4 aliphatic heterocycles. The van der Waals surface area contributed by atoms with Gasteiger partial charge >= 0.3 is 23.9 Å². The Labute approximate surface area is 338 Å². The number of hydrogen-bond acceptors (Lipinski definition) is 12. The monoisotopic (exact) mass is 791 g/mol. The molecule has 12 heteroatoms. The van der Waals surface area contributed by atoms with Crippen molar-refractivity contribution >= 4 is 23.9 Å². The molecule has 56 heavy (non-hydrogen) atoms. The Balaban J connectivity index is 1.76. The molecule has 2 unspecified atom stereocenters. The fourth-order valence-corrected chi connectivity index (χ4v) is 11.4. The van der Waals surface area contributed by atoms with Gasteiger partial charge in [0.05, 0.1) is 11.8 Å². The van der Waals surface area contributed by atoms with Crippen LogP contribution in [0.4, 0.5) is 0 Å². The Hall–Kier alpha value is -2.28. The summed E-state index contributed by atoms with van der Waals surface area (Å²) < 4.78 is 25.1. The summed E-state index contributed by atoms with van der Waals surface area (Å²) in [6.07, 6.45) is 2.01. The van der Waals surface area contributed by atoms with Crippen molar-refractivity contribution < 1.29 is 38.1 Å². The summed E-state index contributed by atoms with van der Waals surface area (Å²) in [4.78, 5) is 58.7. The summed E-state index contributed by atoms with van der Waals surface area (Å²) in [5, 5.41) is 14.4. The minimum absolute atomic E-state index is 0.314. The normalized spacial score (nSPS) is 28.0. The highest BCUT2D eigenvalue weighted by atomic mass is 16.6. The first-order chi connectivity index (χ1) is 25.1. The molecule has 4 N–H and O–H groups in total. The van der Waals surface area contributed by atoms with Crippen molar-refractivity contribution in [2.24, 2.45) is 17.8 Å². The largest absolute Gasteiger partial charge is 0.462 e. The average molecular weight is 791 g/mol. The van der Waals surface area contributed by atoms with Gasteiger partial charge in [-0.1, -0.05) is 6.92 Å². The van der Waals surface area contributed by atoms with Crippen molar-refractivity contribution in [3.63, 3.8) is 0 Å². The molecule has 4 rings (SSSR count). The van der Waals surface area contributed by atoms with Crippen molar-refractivity contribution in [3.05, 3.63) is 0 Å². The van der Waals surface area contributed by atoms with Crippen molar-refractivity contribution in [2.45, 2.75) is 238 Å². The van der Waals surface area contributed by atoms with Gasteiger partial charge in [0.25, 0.3) is 0 Å². The van der Waals surface area contributed by atoms with Crippen molar-refractivity contribution in [1.29, 1.82) is 0 Å². The fraction of sp³-hybridized carbons (Fsp3) is 0.909. The lowest BCUT2D eigenvalue weighted by molar-refractivity contribution is -0.187. The number of carbonyl (C=O) groups is 4. The predicted octanol–water partition coefficient (Wildman–Crippen LogP) is 6.26. The lowest BCUT2D eigenvalue weighted by Crippen LogP contribution is -2.61. The molecule has 0 amide bonds. The molecular formula is C44H78N4O8. The molecule has 4 aliphatic rings. The van der Waals surface area contributed by atoms with E-state index in [1.54, 1.807) is 6.92 Å². The van der Waals surface area contributed by atoms with Crippen molar-refractivity contribution in [3.8, 4) is 0 Å². The van der Waals surface area contributed by atoms with E-state index >= 15 is 0 Å². The molecule has 4 heterocycles. The molecule has 0 saturated carbocycles. The molecule has 0 bridgehead atoms.